The molecule has 1 aromatic rings. The molecular formula is C11H18N2O2S. The highest BCUT2D eigenvalue weighted by atomic mass is 32.1. The Morgan fingerprint density at radius 3 is 3.06 bits per heavy atom. The lowest BCUT2D eigenvalue weighted by molar-refractivity contribution is -0.121. The monoisotopic (exact) mass is 242 g/mol. The average Bonchev–Trinajstić information content (AvgIpc) is 2.79. The van der Waals surface area contributed by atoms with Crippen LogP contribution in [0.2, 0.25) is 0 Å². The number of carbonyl (C=O) groups excluding carboxylic acids is 1. The molecule has 1 amide bonds. The quantitative estimate of drug-likeness (QED) is 0.713. The minimum Gasteiger partial charge on any atom is -0.396 e. The number of nitrogens with zero attached hydrogens (tertiary/aromatic N) is 1. The van der Waals surface area contributed by atoms with Crippen molar-refractivity contribution in [3.05, 3.63) is 16.6 Å². The molecule has 90 valence electrons. The second kappa shape index (κ2) is 7.35. The number of unbranched alkanes of at least 4 members (excludes halogenated alkanes) is 1. The molecule has 0 radical (unpaired) electrons. The molecule has 4 nitrogen and oxygen atoms in total. The third-order valence-electron chi connectivity index (χ3n) is 2.29. The van der Waals surface area contributed by atoms with Crippen LogP contribution in [0.15, 0.2) is 11.6 Å². The van der Waals surface area contributed by atoms with Gasteiger partial charge in [0.25, 0.3) is 0 Å². The molecule has 0 spiro atoms. The second-order valence-electron chi connectivity index (χ2n) is 3.76. The first-order valence-electron chi connectivity index (χ1n) is 5.51. The Balaban J connectivity index is 2.16. The van der Waals surface area contributed by atoms with Crippen LogP contribution in [-0.4, -0.2) is 29.1 Å². The Morgan fingerprint density at radius 1 is 1.62 bits per heavy atom. The number of hydrogen-bond acceptors (Lipinski definition) is 4. The zero-order valence-corrected chi connectivity index (χ0v) is 10.3. The van der Waals surface area contributed by atoms with Gasteiger partial charge >= 0.3 is 0 Å². The van der Waals surface area contributed by atoms with Crippen molar-refractivity contribution in [1.82, 2.24) is 10.3 Å². The fourth-order valence-corrected chi connectivity index (χ4v) is 2.02. The van der Waals surface area contributed by atoms with Gasteiger partial charge in [0.2, 0.25) is 5.91 Å². The van der Waals surface area contributed by atoms with E-state index in [0.29, 0.717) is 19.4 Å². The molecule has 16 heavy (non-hydrogen) atoms. The molecule has 0 saturated carbocycles. The van der Waals surface area contributed by atoms with E-state index >= 15 is 0 Å². The number of aliphatic hydroxyl groups excluding tert-OH is 1. The summed E-state index contributed by atoms with van der Waals surface area (Å²) in [4.78, 5) is 15.6. The highest BCUT2D eigenvalue weighted by molar-refractivity contribution is 7.09. The van der Waals surface area contributed by atoms with Gasteiger partial charge in [-0.25, -0.2) is 4.98 Å². The first kappa shape index (κ1) is 13.1. The molecule has 5 heteroatoms. The van der Waals surface area contributed by atoms with Gasteiger partial charge in [0.15, 0.2) is 0 Å². The number of hydrogen-bond donors (Lipinski definition) is 2. The van der Waals surface area contributed by atoms with E-state index in [1.165, 1.54) is 0 Å². The van der Waals surface area contributed by atoms with E-state index in [-0.39, 0.29) is 18.4 Å². The molecular weight excluding hydrogens is 224 g/mol. The smallest absolute Gasteiger partial charge is 0.220 e. The van der Waals surface area contributed by atoms with Gasteiger partial charge in [-0.05, 0) is 12.8 Å². The van der Waals surface area contributed by atoms with Gasteiger partial charge in [-0.2, -0.15) is 0 Å². The summed E-state index contributed by atoms with van der Waals surface area (Å²) in [6, 6.07) is 0. The lowest BCUT2D eigenvalue weighted by atomic mass is 10.2. The normalized spacial score (nSPS) is 12.4. The molecule has 0 aromatic carbocycles. The van der Waals surface area contributed by atoms with Crippen LogP contribution in [0.5, 0.6) is 0 Å². The molecule has 0 aliphatic rings. The van der Waals surface area contributed by atoms with Crippen LogP contribution >= 0.6 is 11.3 Å². The van der Waals surface area contributed by atoms with E-state index in [9.17, 15) is 4.79 Å². The second-order valence-corrected chi connectivity index (χ2v) is 4.68. The van der Waals surface area contributed by atoms with Gasteiger partial charge in [0, 0.05) is 37.1 Å². The minimum absolute atomic E-state index is 0.0526. The largest absolute Gasteiger partial charge is 0.396 e. The number of thiazole rings is 1. The van der Waals surface area contributed by atoms with Crippen molar-refractivity contribution in [2.24, 2.45) is 0 Å². The molecule has 0 fully saturated rings. The van der Waals surface area contributed by atoms with E-state index in [4.69, 9.17) is 5.11 Å². The third-order valence-corrected chi connectivity index (χ3v) is 3.30. The summed E-state index contributed by atoms with van der Waals surface area (Å²) in [5.74, 6) is 0.318. The Kier molecular flexibility index (Phi) is 6.03. The number of aromatic nitrogens is 1. The first-order chi connectivity index (χ1) is 7.74. The predicted octanol–water partition coefficient (Wildman–Crippen LogP) is 1.53. The van der Waals surface area contributed by atoms with Gasteiger partial charge in [0.05, 0.1) is 5.01 Å². The lowest BCUT2D eigenvalue weighted by Crippen LogP contribution is -2.27. The lowest BCUT2D eigenvalue weighted by Gasteiger charge is -2.09. The molecule has 1 atom stereocenters. The van der Waals surface area contributed by atoms with E-state index in [0.717, 1.165) is 11.4 Å². The third kappa shape index (κ3) is 4.72. The van der Waals surface area contributed by atoms with Crippen LogP contribution in [-0.2, 0) is 4.79 Å². The fraction of sp³-hybridized carbons (Fsp3) is 0.636. The van der Waals surface area contributed by atoms with Gasteiger partial charge < -0.3 is 10.4 Å². The Bertz CT molecular complexity index is 301. The van der Waals surface area contributed by atoms with Crippen molar-refractivity contribution >= 4 is 17.2 Å². The molecule has 2 N–H and O–H groups in total. The van der Waals surface area contributed by atoms with Crippen LogP contribution in [0.25, 0.3) is 0 Å². The summed E-state index contributed by atoms with van der Waals surface area (Å²) in [6.07, 6.45) is 3.70. The molecule has 0 bridgehead atoms. The van der Waals surface area contributed by atoms with Crippen molar-refractivity contribution in [1.29, 1.82) is 0 Å². The Morgan fingerprint density at radius 2 is 2.44 bits per heavy atom. The van der Waals surface area contributed by atoms with Gasteiger partial charge in [-0.3, -0.25) is 4.79 Å². The highest BCUT2D eigenvalue weighted by Crippen LogP contribution is 2.16. The van der Waals surface area contributed by atoms with E-state index < -0.39 is 0 Å². The van der Waals surface area contributed by atoms with Crippen LogP contribution in [0.4, 0.5) is 0 Å². The molecule has 1 aromatic heterocycles. The van der Waals surface area contributed by atoms with Gasteiger partial charge in [0.1, 0.15) is 0 Å². The molecule has 0 aliphatic heterocycles. The van der Waals surface area contributed by atoms with Crippen molar-refractivity contribution < 1.29 is 9.90 Å². The number of amides is 1. The molecule has 1 rings (SSSR count). The number of rotatable bonds is 7. The summed E-state index contributed by atoms with van der Waals surface area (Å²) in [5.41, 5.74) is 0. The van der Waals surface area contributed by atoms with Crippen LogP contribution in [0.1, 0.15) is 37.1 Å². The summed E-state index contributed by atoms with van der Waals surface area (Å²) in [7, 11) is 0. The van der Waals surface area contributed by atoms with Crippen molar-refractivity contribution in [2.45, 2.75) is 32.1 Å². The first-order valence-corrected chi connectivity index (χ1v) is 6.39. The number of nitrogens with one attached hydrogen (secondary N) is 1. The van der Waals surface area contributed by atoms with Gasteiger partial charge in [-0.15, -0.1) is 11.3 Å². The topological polar surface area (TPSA) is 62.2 Å². The van der Waals surface area contributed by atoms with E-state index in [2.05, 4.69) is 10.3 Å². The summed E-state index contributed by atoms with van der Waals surface area (Å²) < 4.78 is 0. The van der Waals surface area contributed by atoms with Crippen LogP contribution in [0, 0.1) is 0 Å². The number of carbonyl (C=O) groups is 1. The summed E-state index contributed by atoms with van der Waals surface area (Å²) in [5, 5.41) is 14.5. The SMILES string of the molecule is CC(CNC(=O)CCCCO)c1nccs1. The highest BCUT2D eigenvalue weighted by Gasteiger charge is 2.09. The van der Waals surface area contributed by atoms with Crippen LogP contribution < -0.4 is 5.32 Å². The maximum absolute atomic E-state index is 11.4. The molecule has 0 saturated heterocycles. The van der Waals surface area contributed by atoms with Crippen molar-refractivity contribution in [3.8, 4) is 0 Å². The zero-order valence-electron chi connectivity index (χ0n) is 9.48. The maximum atomic E-state index is 11.4. The van der Waals surface area contributed by atoms with Crippen LogP contribution in [0.3, 0.4) is 0 Å². The van der Waals surface area contributed by atoms with E-state index in [1.54, 1.807) is 17.5 Å². The number of aliphatic hydroxyl groups is 1. The Hall–Kier alpha value is -0.940. The standard InChI is InChI=1S/C11H18N2O2S/c1-9(11-12-5-7-16-11)8-13-10(15)4-2-3-6-14/h5,7,9,14H,2-4,6,8H2,1H3,(H,13,15). The molecule has 1 heterocycles. The minimum atomic E-state index is 0.0526. The van der Waals surface area contributed by atoms with Gasteiger partial charge in [-0.1, -0.05) is 6.92 Å². The maximum Gasteiger partial charge on any atom is 0.220 e. The molecule has 0 aliphatic carbocycles. The summed E-state index contributed by atoms with van der Waals surface area (Å²) in [6.45, 7) is 2.83. The fourth-order valence-electron chi connectivity index (χ4n) is 1.32. The Labute approximate surface area is 99.7 Å². The molecule has 1 unspecified atom stereocenters. The predicted molar refractivity (Wildman–Crippen MR) is 64.5 cm³/mol. The zero-order chi connectivity index (χ0) is 11.8. The summed E-state index contributed by atoms with van der Waals surface area (Å²) >= 11 is 1.61. The van der Waals surface area contributed by atoms with Crippen molar-refractivity contribution in [3.63, 3.8) is 0 Å². The average molecular weight is 242 g/mol. The van der Waals surface area contributed by atoms with Crippen molar-refractivity contribution in [2.75, 3.05) is 13.2 Å². The van der Waals surface area contributed by atoms with E-state index in [1.807, 2.05) is 12.3 Å².